The second-order valence-corrected chi connectivity index (χ2v) is 12.7. The maximum absolute atomic E-state index is 12.4. The Hall–Kier alpha value is -1.60. The summed E-state index contributed by atoms with van der Waals surface area (Å²) >= 11 is 0. The zero-order chi connectivity index (χ0) is 22.5. The predicted octanol–water partition coefficient (Wildman–Crippen LogP) is 3.15. The summed E-state index contributed by atoms with van der Waals surface area (Å²) < 4.78 is 24.1. The molecule has 2 atom stereocenters. The van der Waals surface area contributed by atoms with E-state index in [4.69, 9.17) is 4.99 Å². The first-order valence-electron chi connectivity index (χ1n) is 11.7. The fraction of sp³-hybridized carbons (Fsp3) is 0.708. The van der Waals surface area contributed by atoms with Gasteiger partial charge in [-0.15, -0.1) is 0 Å². The minimum Gasteiger partial charge on any atom is -0.357 e. The molecule has 0 aliphatic carbocycles. The molecule has 1 aromatic carbocycles. The fourth-order valence-corrected chi connectivity index (χ4v) is 5.66. The van der Waals surface area contributed by atoms with Gasteiger partial charge in [0.2, 0.25) is 0 Å². The third-order valence-electron chi connectivity index (χ3n) is 6.60. The second kappa shape index (κ2) is 10.3. The Morgan fingerprint density at radius 1 is 1.16 bits per heavy atom. The molecule has 0 aromatic heterocycles. The third-order valence-corrected chi connectivity index (χ3v) is 9.19. The molecule has 1 aromatic rings. The highest BCUT2D eigenvalue weighted by Crippen LogP contribution is 2.31. The van der Waals surface area contributed by atoms with Crippen LogP contribution in [0, 0.1) is 5.92 Å². The predicted molar refractivity (Wildman–Crippen MR) is 129 cm³/mol. The molecule has 0 radical (unpaired) electrons. The van der Waals surface area contributed by atoms with Gasteiger partial charge in [0.15, 0.2) is 15.8 Å². The first kappa shape index (κ1) is 24.1. The van der Waals surface area contributed by atoms with Crippen LogP contribution in [-0.4, -0.2) is 73.4 Å². The van der Waals surface area contributed by atoms with Gasteiger partial charge in [-0.1, -0.05) is 30.3 Å². The molecule has 0 bridgehead atoms. The number of likely N-dealkylation sites (tertiary alicyclic amines) is 2. The average Bonchev–Trinajstić information content (AvgIpc) is 2.73. The molecule has 3 rings (SSSR count). The van der Waals surface area contributed by atoms with E-state index in [0.29, 0.717) is 18.5 Å². The van der Waals surface area contributed by atoms with Crippen molar-refractivity contribution in [1.82, 2.24) is 15.1 Å². The van der Waals surface area contributed by atoms with Crippen LogP contribution < -0.4 is 5.32 Å². The van der Waals surface area contributed by atoms with Crippen LogP contribution in [-0.2, 0) is 16.4 Å². The Morgan fingerprint density at radius 2 is 1.90 bits per heavy atom. The summed E-state index contributed by atoms with van der Waals surface area (Å²) in [7, 11) is -3.16. The van der Waals surface area contributed by atoms with Crippen molar-refractivity contribution in [3.8, 4) is 0 Å². The van der Waals surface area contributed by atoms with Gasteiger partial charge < -0.3 is 10.2 Å². The van der Waals surface area contributed by atoms with Crippen LogP contribution >= 0.6 is 0 Å². The summed E-state index contributed by atoms with van der Waals surface area (Å²) in [5.74, 6) is 1.59. The first-order valence-corrected chi connectivity index (χ1v) is 13.4. The Kier molecular flexibility index (Phi) is 8.03. The number of hydrogen-bond donors (Lipinski definition) is 1. The minimum absolute atomic E-state index is 0.0934. The van der Waals surface area contributed by atoms with Crippen molar-refractivity contribution in [2.45, 2.75) is 64.3 Å². The summed E-state index contributed by atoms with van der Waals surface area (Å²) in [5.41, 5.74) is 1.39. The molecule has 1 N–H and O–H groups in total. The molecular formula is C24H40N4O2S. The lowest BCUT2D eigenvalue weighted by molar-refractivity contribution is 0.0372. The van der Waals surface area contributed by atoms with Crippen LogP contribution in [0.3, 0.4) is 0 Å². The molecule has 0 saturated carbocycles. The highest BCUT2D eigenvalue weighted by atomic mass is 32.2. The van der Waals surface area contributed by atoms with E-state index in [2.05, 4.69) is 52.4 Å². The standard InChI is InChI=1S/C24H40N4O2S/c1-5-25-23(26-14-17-31(29,30)24(2,3)4)28-16-13-22-21(19-28)12-9-15-27(22)18-20-10-7-6-8-11-20/h6-8,10-11,21-22H,5,9,12-19H2,1-4H3,(H,25,26). The molecule has 2 fully saturated rings. The van der Waals surface area contributed by atoms with Gasteiger partial charge in [-0.05, 0) is 65.0 Å². The van der Waals surface area contributed by atoms with E-state index in [1.54, 1.807) is 20.8 Å². The van der Waals surface area contributed by atoms with Gasteiger partial charge in [0, 0.05) is 32.2 Å². The number of hydrogen-bond acceptors (Lipinski definition) is 4. The van der Waals surface area contributed by atoms with E-state index in [-0.39, 0.29) is 5.75 Å². The van der Waals surface area contributed by atoms with Crippen molar-refractivity contribution < 1.29 is 8.42 Å². The molecule has 2 unspecified atom stereocenters. The lowest BCUT2D eigenvalue weighted by atomic mass is 9.83. The molecule has 2 saturated heterocycles. The van der Waals surface area contributed by atoms with Crippen molar-refractivity contribution in [2.75, 3.05) is 38.5 Å². The van der Waals surface area contributed by atoms with E-state index >= 15 is 0 Å². The third kappa shape index (κ3) is 6.22. The van der Waals surface area contributed by atoms with Gasteiger partial charge in [-0.25, -0.2) is 8.42 Å². The second-order valence-electron chi connectivity index (χ2n) is 9.83. The average molecular weight is 449 g/mol. The van der Waals surface area contributed by atoms with Crippen molar-refractivity contribution in [3.05, 3.63) is 35.9 Å². The Bertz CT molecular complexity index is 833. The van der Waals surface area contributed by atoms with Crippen molar-refractivity contribution >= 4 is 15.8 Å². The summed E-state index contributed by atoms with van der Waals surface area (Å²) in [4.78, 5) is 9.71. The van der Waals surface area contributed by atoms with Gasteiger partial charge in [0.1, 0.15) is 0 Å². The zero-order valence-corrected chi connectivity index (χ0v) is 20.5. The maximum atomic E-state index is 12.4. The van der Waals surface area contributed by atoms with Crippen LogP contribution in [0.2, 0.25) is 0 Å². The van der Waals surface area contributed by atoms with Crippen LogP contribution in [0.1, 0.15) is 52.5 Å². The lowest BCUT2D eigenvalue weighted by Gasteiger charge is -2.48. The van der Waals surface area contributed by atoms with E-state index < -0.39 is 14.6 Å². The van der Waals surface area contributed by atoms with E-state index in [1.807, 2.05) is 0 Å². The maximum Gasteiger partial charge on any atom is 0.193 e. The van der Waals surface area contributed by atoms with Gasteiger partial charge in [-0.2, -0.15) is 0 Å². The molecular weight excluding hydrogens is 408 g/mol. The number of benzene rings is 1. The quantitative estimate of drug-likeness (QED) is 0.535. The minimum atomic E-state index is -3.16. The van der Waals surface area contributed by atoms with Crippen LogP contribution in [0.4, 0.5) is 0 Å². The molecule has 7 heteroatoms. The summed E-state index contributed by atoms with van der Waals surface area (Å²) in [6.45, 7) is 12.6. The van der Waals surface area contributed by atoms with Crippen molar-refractivity contribution in [3.63, 3.8) is 0 Å². The number of sulfone groups is 1. The van der Waals surface area contributed by atoms with Gasteiger partial charge in [-0.3, -0.25) is 9.89 Å². The number of guanidine groups is 1. The number of aliphatic imine (C=N–C) groups is 1. The molecule has 0 spiro atoms. The smallest absolute Gasteiger partial charge is 0.193 e. The van der Waals surface area contributed by atoms with Crippen LogP contribution in [0.25, 0.3) is 0 Å². The zero-order valence-electron chi connectivity index (χ0n) is 19.7. The summed E-state index contributed by atoms with van der Waals surface area (Å²) in [6.07, 6.45) is 3.62. The van der Waals surface area contributed by atoms with Gasteiger partial charge >= 0.3 is 0 Å². The summed E-state index contributed by atoms with van der Waals surface area (Å²) in [6, 6.07) is 11.4. The molecule has 6 nitrogen and oxygen atoms in total. The SMILES string of the molecule is CCNC(=NCCS(=O)(=O)C(C)(C)C)N1CCC2C(CCCN2Cc2ccccc2)C1. The Morgan fingerprint density at radius 3 is 2.58 bits per heavy atom. The van der Waals surface area contributed by atoms with Crippen molar-refractivity contribution in [2.24, 2.45) is 10.9 Å². The van der Waals surface area contributed by atoms with Crippen LogP contribution in [0.5, 0.6) is 0 Å². The summed E-state index contributed by atoms with van der Waals surface area (Å²) in [5, 5.41) is 3.39. The molecule has 2 aliphatic heterocycles. The van der Waals surface area contributed by atoms with E-state index in [1.165, 1.54) is 24.9 Å². The Labute approximate surface area is 189 Å². The largest absolute Gasteiger partial charge is 0.357 e. The number of nitrogens with one attached hydrogen (secondary N) is 1. The fourth-order valence-electron chi connectivity index (χ4n) is 4.72. The molecule has 31 heavy (non-hydrogen) atoms. The lowest BCUT2D eigenvalue weighted by Crippen LogP contribution is -2.56. The highest BCUT2D eigenvalue weighted by molar-refractivity contribution is 7.92. The monoisotopic (exact) mass is 448 g/mol. The Balaban J connectivity index is 1.63. The van der Waals surface area contributed by atoms with Crippen LogP contribution in [0.15, 0.2) is 35.3 Å². The normalized spacial score (nSPS) is 23.5. The molecule has 2 heterocycles. The number of nitrogens with zero attached hydrogens (tertiary/aromatic N) is 3. The molecule has 0 amide bonds. The number of rotatable bonds is 6. The van der Waals surface area contributed by atoms with E-state index in [9.17, 15) is 8.42 Å². The molecule has 174 valence electrons. The van der Waals surface area contributed by atoms with Gasteiger partial charge in [0.25, 0.3) is 0 Å². The van der Waals surface area contributed by atoms with Gasteiger partial charge in [0.05, 0.1) is 17.0 Å². The first-order chi connectivity index (χ1) is 14.7. The van der Waals surface area contributed by atoms with Crippen molar-refractivity contribution in [1.29, 1.82) is 0 Å². The number of fused-ring (bicyclic) bond motifs is 1. The highest BCUT2D eigenvalue weighted by Gasteiger charge is 2.36. The topological polar surface area (TPSA) is 65.0 Å². The molecule has 2 aliphatic rings. The number of piperidine rings is 2. The van der Waals surface area contributed by atoms with E-state index in [0.717, 1.165) is 38.6 Å².